The quantitative estimate of drug-likeness (QED) is 0.574. The maximum Gasteiger partial charge on any atom is 0.420 e. The van der Waals surface area contributed by atoms with Crippen LogP contribution in [0.25, 0.3) is 22.2 Å². The number of pyridine rings is 1. The predicted octanol–water partition coefficient (Wildman–Crippen LogP) is 3.88. The van der Waals surface area contributed by atoms with E-state index in [1.54, 1.807) is 24.8 Å². The van der Waals surface area contributed by atoms with Crippen molar-refractivity contribution in [3.63, 3.8) is 0 Å². The first-order valence-electron chi connectivity index (χ1n) is 9.37. The Morgan fingerprint density at radius 2 is 1.83 bits per heavy atom. The highest BCUT2D eigenvalue weighted by Crippen LogP contribution is 2.31. The van der Waals surface area contributed by atoms with E-state index in [2.05, 4.69) is 35.8 Å². The molecule has 0 amide bonds. The lowest BCUT2D eigenvalue weighted by atomic mass is 10.1. The molecule has 3 aromatic heterocycles. The molecule has 0 radical (unpaired) electrons. The monoisotopic (exact) mass is 459 g/mol. The number of carbonyl (C=O) groups is 1. The summed E-state index contributed by atoms with van der Waals surface area (Å²) in [5, 5.41) is 0.813. The second-order valence-electron chi connectivity index (χ2n) is 7.79. The Morgan fingerprint density at radius 3 is 2.48 bits per heavy atom. The summed E-state index contributed by atoms with van der Waals surface area (Å²) < 4.78 is 13.2. The van der Waals surface area contributed by atoms with Crippen molar-refractivity contribution in [1.29, 1.82) is 0 Å². The summed E-state index contributed by atoms with van der Waals surface area (Å²) >= 11 is 3.46. The third-order valence-corrected chi connectivity index (χ3v) is 4.88. The highest BCUT2D eigenvalue weighted by atomic mass is 79.9. The SMILES string of the molecule is CC(C)(C)OC(=O)n1cc(-c2cnc(N3CCOCC3)nc2)c2cc(Br)cnc21. The number of morpholine rings is 1. The second-order valence-corrected chi connectivity index (χ2v) is 8.70. The molecular formula is C20H22BrN5O3. The molecule has 1 saturated heterocycles. The fourth-order valence-electron chi connectivity index (χ4n) is 3.15. The topological polar surface area (TPSA) is 82.4 Å². The molecule has 1 aliphatic rings. The number of aromatic nitrogens is 4. The van der Waals surface area contributed by atoms with Crippen LogP contribution in [0.4, 0.5) is 10.7 Å². The fourth-order valence-corrected chi connectivity index (χ4v) is 3.48. The van der Waals surface area contributed by atoms with Gasteiger partial charge in [0.25, 0.3) is 0 Å². The number of rotatable bonds is 2. The molecule has 3 aromatic rings. The van der Waals surface area contributed by atoms with Gasteiger partial charge < -0.3 is 14.4 Å². The third-order valence-electron chi connectivity index (χ3n) is 4.44. The Hall–Kier alpha value is -2.52. The molecule has 0 aromatic carbocycles. The van der Waals surface area contributed by atoms with Gasteiger partial charge in [-0.1, -0.05) is 0 Å². The molecule has 9 heteroatoms. The van der Waals surface area contributed by atoms with Crippen LogP contribution in [-0.2, 0) is 9.47 Å². The van der Waals surface area contributed by atoms with Crippen molar-refractivity contribution in [2.45, 2.75) is 26.4 Å². The Balaban J connectivity index is 1.73. The highest BCUT2D eigenvalue weighted by Gasteiger charge is 2.22. The largest absolute Gasteiger partial charge is 0.443 e. The van der Waals surface area contributed by atoms with Crippen molar-refractivity contribution < 1.29 is 14.3 Å². The predicted molar refractivity (Wildman–Crippen MR) is 113 cm³/mol. The molecule has 29 heavy (non-hydrogen) atoms. The molecule has 0 unspecified atom stereocenters. The van der Waals surface area contributed by atoms with E-state index in [0.29, 0.717) is 24.8 Å². The van der Waals surface area contributed by atoms with Crippen LogP contribution in [0, 0.1) is 0 Å². The minimum absolute atomic E-state index is 0.477. The summed E-state index contributed by atoms with van der Waals surface area (Å²) in [4.78, 5) is 28.3. The zero-order valence-electron chi connectivity index (χ0n) is 16.6. The smallest absolute Gasteiger partial charge is 0.420 e. The standard InChI is InChI=1S/C20H22BrN5O3/c1-20(2,3)29-19(27)26-12-16(15-8-14(21)11-22-17(15)26)13-9-23-18(24-10-13)25-4-6-28-7-5-25/h8-12H,4-7H2,1-3H3. The number of ether oxygens (including phenoxy) is 2. The molecule has 4 heterocycles. The van der Waals surface area contributed by atoms with Crippen molar-refractivity contribution in [1.82, 2.24) is 19.5 Å². The van der Waals surface area contributed by atoms with Crippen LogP contribution < -0.4 is 4.90 Å². The normalized spacial score (nSPS) is 15.0. The van der Waals surface area contributed by atoms with Crippen LogP contribution in [0.1, 0.15) is 20.8 Å². The van der Waals surface area contributed by atoms with Crippen LogP contribution in [-0.4, -0.2) is 57.5 Å². The number of nitrogens with zero attached hydrogens (tertiary/aromatic N) is 5. The second kappa shape index (κ2) is 7.72. The van der Waals surface area contributed by atoms with E-state index in [1.165, 1.54) is 4.57 Å². The summed E-state index contributed by atoms with van der Waals surface area (Å²) in [6.07, 6.45) is 6.45. The van der Waals surface area contributed by atoms with E-state index in [1.807, 2.05) is 26.8 Å². The molecule has 0 N–H and O–H groups in total. The van der Waals surface area contributed by atoms with Gasteiger partial charge in [0, 0.05) is 58.9 Å². The van der Waals surface area contributed by atoms with Gasteiger partial charge in [0.15, 0.2) is 0 Å². The van der Waals surface area contributed by atoms with Crippen LogP contribution in [0.15, 0.2) is 35.3 Å². The van der Waals surface area contributed by atoms with Gasteiger partial charge in [-0.2, -0.15) is 0 Å². The number of carbonyl (C=O) groups excluding carboxylic acids is 1. The molecule has 1 fully saturated rings. The van der Waals surface area contributed by atoms with E-state index in [0.717, 1.165) is 34.1 Å². The Morgan fingerprint density at radius 1 is 1.14 bits per heavy atom. The van der Waals surface area contributed by atoms with Gasteiger partial charge in [0.05, 0.1) is 13.2 Å². The fraction of sp³-hybridized carbons (Fsp3) is 0.400. The molecular weight excluding hydrogens is 438 g/mol. The van der Waals surface area contributed by atoms with Crippen molar-refractivity contribution in [2.75, 3.05) is 31.2 Å². The molecule has 0 bridgehead atoms. The summed E-state index contributed by atoms with van der Waals surface area (Å²) in [6, 6.07) is 1.93. The van der Waals surface area contributed by atoms with Gasteiger partial charge in [-0.15, -0.1) is 0 Å². The van der Waals surface area contributed by atoms with E-state index in [-0.39, 0.29) is 0 Å². The zero-order chi connectivity index (χ0) is 20.6. The molecule has 0 atom stereocenters. The summed E-state index contributed by atoms with van der Waals surface area (Å²) in [7, 11) is 0. The molecule has 1 aliphatic heterocycles. The maximum absolute atomic E-state index is 12.7. The van der Waals surface area contributed by atoms with Crippen LogP contribution in [0.5, 0.6) is 0 Å². The van der Waals surface area contributed by atoms with Crippen molar-refractivity contribution in [3.8, 4) is 11.1 Å². The minimum atomic E-state index is -0.605. The summed E-state index contributed by atoms with van der Waals surface area (Å²) in [6.45, 7) is 8.39. The number of fused-ring (bicyclic) bond motifs is 1. The average molecular weight is 460 g/mol. The van der Waals surface area contributed by atoms with Crippen molar-refractivity contribution in [2.24, 2.45) is 0 Å². The van der Waals surface area contributed by atoms with Crippen molar-refractivity contribution in [3.05, 3.63) is 35.3 Å². The average Bonchev–Trinajstić information content (AvgIpc) is 3.06. The maximum atomic E-state index is 12.7. The van der Waals surface area contributed by atoms with Crippen LogP contribution in [0.2, 0.25) is 0 Å². The number of hydrogen-bond donors (Lipinski definition) is 0. The minimum Gasteiger partial charge on any atom is -0.443 e. The van der Waals surface area contributed by atoms with E-state index >= 15 is 0 Å². The molecule has 0 saturated carbocycles. The van der Waals surface area contributed by atoms with Crippen LogP contribution >= 0.6 is 15.9 Å². The first kappa shape index (κ1) is 19.8. The zero-order valence-corrected chi connectivity index (χ0v) is 18.1. The Kier molecular flexibility index (Phi) is 5.26. The van der Waals surface area contributed by atoms with Gasteiger partial charge in [-0.25, -0.2) is 24.3 Å². The number of halogens is 1. The lowest BCUT2D eigenvalue weighted by Gasteiger charge is -2.26. The van der Waals surface area contributed by atoms with Gasteiger partial charge in [0.2, 0.25) is 5.95 Å². The first-order chi connectivity index (χ1) is 13.8. The van der Waals surface area contributed by atoms with Gasteiger partial charge in [0.1, 0.15) is 11.2 Å². The van der Waals surface area contributed by atoms with Crippen molar-refractivity contribution >= 4 is 39.0 Å². The molecule has 0 aliphatic carbocycles. The number of anilines is 1. The number of hydrogen-bond acceptors (Lipinski definition) is 7. The van der Waals surface area contributed by atoms with Gasteiger partial charge in [-0.3, -0.25) is 0 Å². The van der Waals surface area contributed by atoms with Crippen LogP contribution in [0.3, 0.4) is 0 Å². The molecule has 0 spiro atoms. The lowest BCUT2D eigenvalue weighted by Crippen LogP contribution is -2.37. The highest BCUT2D eigenvalue weighted by molar-refractivity contribution is 9.10. The third kappa shape index (κ3) is 4.25. The van der Waals surface area contributed by atoms with E-state index in [9.17, 15) is 4.79 Å². The molecule has 4 rings (SSSR count). The van der Waals surface area contributed by atoms with Gasteiger partial charge in [-0.05, 0) is 42.8 Å². The first-order valence-corrected chi connectivity index (χ1v) is 10.2. The Bertz CT molecular complexity index is 1040. The van der Waals surface area contributed by atoms with Gasteiger partial charge >= 0.3 is 6.09 Å². The Labute approximate surface area is 177 Å². The van der Waals surface area contributed by atoms with E-state index in [4.69, 9.17) is 9.47 Å². The summed E-state index contributed by atoms with van der Waals surface area (Å²) in [5.41, 5.74) is 1.53. The summed E-state index contributed by atoms with van der Waals surface area (Å²) in [5.74, 6) is 0.673. The molecule has 152 valence electrons. The molecule has 8 nitrogen and oxygen atoms in total. The lowest BCUT2D eigenvalue weighted by molar-refractivity contribution is 0.0543. The van der Waals surface area contributed by atoms with E-state index < -0.39 is 11.7 Å².